The molecule has 1 N–H and O–H groups in total. The fourth-order valence-electron chi connectivity index (χ4n) is 2.68. The number of benzene rings is 2. The topological polar surface area (TPSA) is 47.6 Å². The van der Waals surface area contributed by atoms with Crippen molar-refractivity contribution in [3.8, 4) is 11.5 Å². The van der Waals surface area contributed by atoms with Crippen LogP contribution in [0.15, 0.2) is 48.5 Å². The van der Waals surface area contributed by atoms with Crippen molar-refractivity contribution >= 4 is 11.6 Å². The molecule has 0 saturated heterocycles. The van der Waals surface area contributed by atoms with Crippen molar-refractivity contribution in [2.75, 3.05) is 19.5 Å². The average molecular weight is 297 g/mol. The number of ether oxygens (including phenoxy) is 2. The predicted molar refractivity (Wildman–Crippen MR) is 85.5 cm³/mol. The summed E-state index contributed by atoms with van der Waals surface area (Å²) in [7, 11) is 3.18. The molecule has 2 aromatic carbocycles. The van der Waals surface area contributed by atoms with Crippen molar-refractivity contribution in [1.29, 1.82) is 0 Å². The van der Waals surface area contributed by atoms with Crippen molar-refractivity contribution in [2.45, 2.75) is 18.3 Å². The molecule has 3 rings (SSSR count). The molecule has 1 fully saturated rings. The van der Waals surface area contributed by atoms with Crippen LogP contribution in [0.3, 0.4) is 0 Å². The van der Waals surface area contributed by atoms with E-state index in [1.54, 1.807) is 32.4 Å². The highest BCUT2D eigenvalue weighted by Crippen LogP contribution is 2.49. The second-order valence-electron chi connectivity index (χ2n) is 5.47. The van der Waals surface area contributed by atoms with Crippen LogP contribution < -0.4 is 14.8 Å². The highest BCUT2D eigenvalue weighted by molar-refractivity contribution is 6.02. The second kappa shape index (κ2) is 5.72. The van der Waals surface area contributed by atoms with E-state index in [9.17, 15) is 4.79 Å². The molecule has 2 aromatic rings. The number of rotatable bonds is 5. The largest absolute Gasteiger partial charge is 0.497 e. The smallest absolute Gasteiger partial charge is 0.235 e. The lowest BCUT2D eigenvalue weighted by molar-refractivity contribution is -0.118. The van der Waals surface area contributed by atoms with Gasteiger partial charge in [-0.25, -0.2) is 0 Å². The fourth-order valence-corrected chi connectivity index (χ4v) is 2.68. The van der Waals surface area contributed by atoms with E-state index in [1.165, 1.54) is 0 Å². The molecule has 4 nitrogen and oxygen atoms in total. The molecular weight excluding hydrogens is 278 g/mol. The van der Waals surface area contributed by atoms with Gasteiger partial charge in [-0.05, 0) is 30.5 Å². The summed E-state index contributed by atoms with van der Waals surface area (Å²) in [5.74, 6) is 1.31. The monoisotopic (exact) mass is 297 g/mol. The molecule has 114 valence electrons. The lowest BCUT2D eigenvalue weighted by Gasteiger charge is -2.17. The van der Waals surface area contributed by atoms with E-state index in [1.807, 2.05) is 30.3 Å². The van der Waals surface area contributed by atoms with Crippen molar-refractivity contribution < 1.29 is 14.3 Å². The number of methoxy groups -OCH3 is 2. The molecule has 1 saturated carbocycles. The number of anilines is 1. The Labute approximate surface area is 130 Å². The highest BCUT2D eigenvalue weighted by Gasteiger charge is 2.51. The molecule has 0 radical (unpaired) electrons. The van der Waals surface area contributed by atoms with Crippen molar-refractivity contribution in [2.24, 2.45) is 0 Å². The van der Waals surface area contributed by atoms with Gasteiger partial charge >= 0.3 is 0 Å². The first-order chi connectivity index (χ1) is 10.7. The molecule has 0 aliphatic heterocycles. The van der Waals surface area contributed by atoms with Crippen LogP contribution in [0.1, 0.15) is 18.4 Å². The minimum absolute atomic E-state index is 0.00486. The summed E-state index contributed by atoms with van der Waals surface area (Å²) >= 11 is 0. The van der Waals surface area contributed by atoms with E-state index < -0.39 is 5.41 Å². The van der Waals surface area contributed by atoms with Gasteiger partial charge in [0.05, 0.1) is 25.3 Å². The molecule has 4 heteroatoms. The molecule has 0 aromatic heterocycles. The zero-order valence-electron chi connectivity index (χ0n) is 12.8. The third-order valence-electron chi connectivity index (χ3n) is 4.17. The van der Waals surface area contributed by atoms with Crippen molar-refractivity contribution in [3.05, 3.63) is 54.1 Å². The summed E-state index contributed by atoms with van der Waals surface area (Å²) < 4.78 is 10.5. The Balaban J connectivity index is 1.86. The Hall–Kier alpha value is -2.49. The summed E-state index contributed by atoms with van der Waals surface area (Å²) in [6.07, 6.45) is 1.74. The quantitative estimate of drug-likeness (QED) is 0.920. The molecule has 1 amide bonds. The maximum absolute atomic E-state index is 12.8. The molecular formula is C18H19NO3. The molecule has 22 heavy (non-hydrogen) atoms. The van der Waals surface area contributed by atoms with Crippen LogP contribution in [0.5, 0.6) is 11.5 Å². The Bertz CT molecular complexity index is 678. The highest BCUT2D eigenvalue weighted by atomic mass is 16.5. The zero-order chi connectivity index (χ0) is 15.6. The Morgan fingerprint density at radius 2 is 1.77 bits per heavy atom. The third kappa shape index (κ3) is 2.52. The Morgan fingerprint density at radius 3 is 2.36 bits per heavy atom. The number of carbonyl (C=O) groups is 1. The van der Waals surface area contributed by atoms with E-state index in [4.69, 9.17) is 9.47 Å². The molecule has 1 aliphatic carbocycles. The predicted octanol–water partition coefficient (Wildman–Crippen LogP) is 3.37. The second-order valence-corrected chi connectivity index (χ2v) is 5.47. The van der Waals surface area contributed by atoms with E-state index in [0.29, 0.717) is 17.2 Å². The lowest BCUT2D eigenvalue weighted by Crippen LogP contribution is -2.27. The van der Waals surface area contributed by atoms with Gasteiger partial charge in [0.25, 0.3) is 0 Å². The van der Waals surface area contributed by atoms with Crippen LogP contribution >= 0.6 is 0 Å². The number of amides is 1. The molecule has 0 atom stereocenters. The number of carbonyl (C=O) groups excluding carboxylic acids is 1. The molecule has 1 aliphatic rings. The van der Waals surface area contributed by atoms with Gasteiger partial charge in [-0.3, -0.25) is 4.79 Å². The van der Waals surface area contributed by atoms with Crippen LogP contribution in [0.2, 0.25) is 0 Å². The molecule has 0 spiro atoms. The van der Waals surface area contributed by atoms with Gasteiger partial charge in [0, 0.05) is 6.07 Å². The van der Waals surface area contributed by atoms with Crippen LogP contribution in [-0.4, -0.2) is 20.1 Å². The van der Waals surface area contributed by atoms with Gasteiger partial charge in [0.15, 0.2) is 0 Å². The minimum Gasteiger partial charge on any atom is -0.497 e. The molecule has 0 heterocycles. The summed E-state index contributed by atoms with van der Waals surface area (Å²) in [6.45, 7) is 0. The molecule has 0 bridgehead atoms. The Kier molecular flexibility index (Phi) is 3.75. The van der Waals surface area contributed by atoms with E-state index in [2.05, 4.69) is 5.32 Å². The SMILES string of the molecule is COc1ccc(OC)c(NC(=O)C2(c3ccccc3)CC2)c1. The van der Waals surface area contributed by atoms with Crippen LogP contribution in [0.4, 0.5) is 5.69 Å². The van der Waals surface area contributed by atoms with Gasteiger partial charge < -0.3 is 14.8 Å². The first-order valence-electron chi connectivity index (χ1n) is 7.28. The van der Waals surface area contributed by atoms with E-state index in [0.717, 1.165) is 18.4 Å². The van der Waals surface area contributed by atoms with Crippen molar-refractivity contribution in [3.63, 3.8) is 0 Å². The standard InChI is InChI=1S/C18H19NO3/c1-21-14-8-9-16(22-2)15(12-14)19-17(20)18(10-11-18)13-6-4-3-5-7-13/h3-9,12H,10-11H2,1-2H3,(H,19,20). The van der Waals surface area contributed by atoms with Gasteiger partial charge in [0.2, 0.25) is 5.91 Å². The van der Waals surface area contributed by atoms with E-state index in [-0.39, 0.29) is 5.91 Å². The van der Waals surface area contributed by atoms with E-state index >= 15 is 0 Å². The average Bonchev–Trinajstić information content (AvgIpc) is 3.37. The first-order valence-corrected chi connectivity index (χ1v) is 7.28. The maximum atomic E-state index is 12.8. The van der Waals surface area contributed by atoms with Crippen LogP contribution in [-0.2, 0) is 10.2 Å². The van der Waals surface area contributed by atoms with Gasteiger partial charge in [-0.2, -0.15) is 0 Å². The van der Waals surface area contributed by atoms with Gasteiger partial charge in [-0.1, -0.05) is 30.3 Å². The van der Waals surface area contributed by atoms with Gasteiger partial charge in [-0.15, -0.1) is 0 Å². The Morgan fingerprint density at radius 1 is 1.05 bits per heavy atom. The van der Waals surface area contributed by atoms with Gasteiger partial charge in [0.1, 0.15) is 11.5 Å². The molecule has 0 unspecified atom stereocenters. The normalized spacial score (nSPS) is 15.0. The third-order valence-corrected chi connectivity index (χ3v) is 4.17. The summed E-state index contributed by atoms with van der Waals surface area (Å²) in [5.41, 5.74) is 1.29. The zero-order valence-corrected chi connectivity index (χ0v) is 12.8. The lowest BCUT2D eigenvalue weighted by atomic mass is 9.95. The van der Waals surface area contributed by atoms with Crippen LogP contribution in [0.25, 0.3) is 0 Å². The number of hydrogen-bond donors (Lipinski definition) is 1. The maximum Gasteiger partial charge on any atom is 0.235 e. The van der Waals surface area contributed by atoms with Crippen LogP contribution in [0, 0.1) is 0 Å². The summed E-state index contributed by atoms with van der Waals surface area (Å²) in [6, 6.07) is 15.3. The fraction of sp³-hybridized carbons (Fsp3) is 0.278. The first kappa shape index (κ1) is 14.4. The minimum atomic E-state index is -0.407. The summed E-state index contributed by atoms with van der Waals surface area (Å²) in [4.78, 5) is 12.8. The van der Waals surface area contributed by atoms with Crippen molar-refractivity contribution in [1.82, 2.24) is 0 Å². The summed E-state index contributed by atoms with van der Waals surface area (Å²) in [5, 5.41) is 2.99. The number of hydrogen-bond acceptors (Lipinski definition) is 3. The number of nitrogens with one attached hydrogen (secondary N) is 1.